The van der Waals surface area contributed by atoms with Gasteiger partial charge in [0.25, 0.3) is 5.91 Å². The lowest BCUT2D eigenvalue weighted by Gasteiger charge is -2.08. The van der Waals surface area contributed by atoms with Crippen molar-refractivity contribution in [3.8, 4) is 0 Å². The molecular weight excluding hydrogens is 384 g/mol. The summed E-state index contributed by atoms with van der Waals surface area (Å²) in [5, 5.41) is 2.33. The first kappa shape index (κ1) is 14.1. The molecule has 98 valence electrons. The van der Waals surface area contributed by atoms with Crippen LogP contribution in [0.3, 0.4) is 0 Å². The molecule has 0 aliphatic carbocycles. The van der Waals surface area contributed by atoms with Crippen LogP contribution in [0, 0.1) is 11.6 Å². The molecule has 1 N–H and O–H groups in total. The molecule has 2 aromatic rings. The van der Waals surface area contributed by atoms with Gasteiger partial charge in [-0.3, -0.25) is 4.79 Å². The van der Waals surface area contributed by atoms with Crippen molar-refractivity contribution in [1.29, 1.82) is 0 Å². The predicted molar refractivity (Wildman–Crippen MR) is 76.2 cm³/mol. The highest BCUT2D eigenvalue weighted by Gasteiger charge is 2.14. The van der Waals surface area contributed by atoms with E-state index >= 15 is 0 Å². The molecule has 0 saturated carbocycles. The maximum atomic E-state index is 13.4. The van der Waals surface area contributed by atoms with Gasteiger partial charge >= 0.3 is 0 Å². The number of benzene rings is 2. The van der Waals surface area contributed by atoms with Crippen molar-refractivity contribution in [3.63, 3.8) is 0 Å². The molecule has 2 rings (SSSR count). The topological polar surface area (TPSA) is 29.1 Å². The van der Waals surface area contributed by atoms with E-state index in [1.165, 1.54) is 12.1 Å². The van der Waals surface area contributed by atoms with Crippen LogP contribution in [0.2, 0.25) is 0 Å². The largest absolute Gasteiger partial charge is 0.319 e. The SMILES string of the molecule is O=C(Nc1cccc(F)c1F)c1cc(Br)ccc1Br. The summed E-state index contributed by atoms with van der Waals surface area (Å²) < 4.78 is 27.7. The van der Waals surface area contributed by atoms with Gasteiger partial charge in [-0.2, -0.15) is 0 Å². The third-order valence-electron chi connectivity index (χ3n) is 2.37. The lowest BCUT2D eigenvalue weighted by Crippen LogP contribution is -2.14. The summed E-state index contributed by atoms with van der Waals surface area (Å²) in [6.07, 6.45) is 0. The summed E-state index contributed by atoms with van der Waals surface area (Å²) in [5.74, 6) is -2.62. The Morgan fingerprint density at radius 3 is 2.58 bits per heavy atom. The summed E-state index contributed by atoms with van der Waals surface area (Å²) in [4.78, 5) is 12.0. The van der Waals surface area contributed by atoms with Gasteiger partial charge in [0.2, 0.25) is 0 Å². The molecular formula is C13H7Br2F2NO. The highest BCUT2D eigenvalue weighted by atomic mass is 79.9. The fourth-order valence-electron chi connectivity index (χ4n) is 1.46. The Morgan fingerprint density at radius 2 is 1.84 bits per heavy atom. The van der Waals surface area contributed by atoms with Crippen LogP contribution in [-0.2, 0) is 0 Å². The van der Waals surface area contributed by atoms with Crippen LogP contribution >= 0.6 is 31.9 Å². The van der Waals surface area contributed by atoms with Crippen molar-refractivity contribution in [3.05, 3.63) is 62.5 Å². The molecule has 0 unspecified atom stereocenters. The van der Waals surface area contributed by atoms with Crippen molar-refractivity contribution < 1.29 is 13.6 Å². The molecule has 19 heavy (non-hydrogen) atoms. The first-order valence-electron chi connectivity index (χ1n) is 5.19. The quantitative estimate of drug-likeness (QED) is 0.788. The second kappa shape index (κ2) is 5.79. The maximum Gasteiger partial charge on any atom is 0.256 e. The zero-order valence-electron chi connectivity index (χ0n) is 9.38. The van der Waals surface area contributed by atoms with Crippen LogP contribution < -0.4 is 5.32 Å². The highest BCUT2D eigenvalue weighted by molar-refractivity contribution is 9.11. The predicted octanol–water partition coefficient (Wildman–Crippen LogP) is 4.74. The Bertz CT molecular complexity index is 647. The van der Waals surface area contributed by atoms with Crippen molar-refractivity contribution >= 4 is 43.5 Å². The summed E-state index contributed by atoms with van der Waals surface area (Å²) >= 11 is 6.47. The van der Waals surface area contributed by atoms with E-state index in [1.54, 1.807) is 18.2 Å². The third-order valence-corrected chi connectivity index (χ3v) is 3.56. The number of carbonyl (C=O) groups excluding carboxylic acids is 1. The van der Waals surface area contributed by atoms with E-state index < -0.39 is 17.5 Å². The number of hydrogen-bond acceptors (Lipinski definition) is 1. The molecule has 0 atom stereocenters. The number of carbonyl (C=O) groups is 1. The van der Waals surface area contributed by atoms with Gasteiger partial charge in [-0.15, -0.1) is 0 Å². The molecule has 0 fully saturated rings. The standard InChI is InChI=1S/C13H7Br2F2NO/c14-7-4-5-9(15)8(6-7)13(19)18-11-3-1-2-10(16)12(11)17/h1-6H,(H,18,19). The van der Waals surface area contributed by atoms with E-state index in [2.05, 4.69) is 37.2 Å². The number of rotatable bonds is 2. The van der Waals surface area contributed by atoms with Gasteiger partial charge in [-0.05, 0) is 46.3 Å². The molecule has 0 aliphatic rings. The lowest BCUT2D eigenvalue weighted by atomic mass is 10.2. The number of anilines is 1. The maximum absolute atomic E-state index is 13.4. The van der Waals surface area contributed by atoms with Crippen molar-refractivity contribution in [2.45, 2.75) is 0 Å². The van der Waals surface area contributed by atoms with Gasteiger partial charge in [0, 0.05) is 8.95 Å². The van der Waals surface area contributed by atoms with Crippen molar-refractivity contribution in [2.75, 3.05) is 5.32 Å². The molecule has 0 spiro atoms. The normalized spacial score (nSPS) is 10.3. The van der Waals surface area contributed by atoms with Crippen LogP contribution in [0.25, 0.3) is 0 Å². The van der Waals surface area contributed by atoms with E-state index in [1.807, 2.05) is 0 Å². The minimum Gasteiger partial charge on any atom is -0.319 e. The zero-order valence-corrected chi connectivity index (χ0v) is 12.6. The molecule has 6 heteroatoms. The van der Waals surface area contributed by atoms with Gasteiger partial charge < -0.3 is 5.32 Å². The van der Waals surface area contributed by atoms with E-state index in [0.717, 1.165) is 6.07 Å². The molecule has 0 bridgehead atoms. The molecule has 2 nitrogen and oxygen atoms in total. The van der Waals surface area contributed by atoms with Gasteiger partial charge in [-0.1, -0.05) is 22.0 Å². The van der Waals surface area contributed by atoms with Gasteiger partial charge in [0.1, 0.15) is 0 Å². The summed E-state index contributed by atoms with van der Waals surface area (Å²) in [7, 11) is 0. The average Bonchev–Trinajstić information content (AvgIpc) is 2.38. The molecule has 1 amide bonds. The monoisotopic (exact) mass is 389 g/mol. The molecule has 2 aromatic carbocycles. The summed E-state index contributed by atoms with van der Waals surface area (Å²) in [6.45, 7) is 0. The van der Waals surface area contributed by atoms with Gasteiger partial charge in [0.05, 0.1) is 11.3 Å². The Morgan fingerprint density at radius 1 is 1.11 bits per heavy atom. The van der Waals surface area contributed by atoms with Crippen LogP contribution in [-0.4, -0.2) is 5.91 Å². The van der Waals surface area contributed by atoms with Crippen molar-refractivity contribution in [2.24, 2.45) is 0 Å². The number of hydrogen-bond donors (Lipinski definition) is 1. The van der Waals surface area contributed by atoms with E-state index in [0.29, 0.717) is 14.5 Å². The number of halogens is 4. The minimum atomic E-state index is -1.08. The van der Waals surface area contributed by atoms with Crippen LogP contribution in [0.15, 0.2) is 45.3 Å². The fraction of sp³-hybridized carbons (Fsp3) is 0. The van der Waals surface area contributed by atoms with E-state index in [-0.39, 0.29) is 5.69 Å². The number of nitrogens with one attached hydrogen (secondary N) is 1. The highest BCUT2D eigenvalue weighted by Crippen LogP contribution is 2.23. The zero-order chi connectivity index (χ0) is 14.0. The van der Waals surface area contributed by atoms with Crippen LogP contribution in [0.5, 0.6) is 0 Å². The molecule has 0 saturated heterocycles. The van der Waals surface area contributed by atoms with E-state index in [9.17, 15) is 13.6 Å². The first-order chi connectivity index (χ1) is 8.99. The van der Waals surface area contributed by atoms with Gasteiger partial charge in [-0.25, -0.2) is 8.78 Å². The molecule has 0 radical (unpaired) electrons. The second-order valence-corrected chi connectivity index (χ2v) is 5.45. The number of amides is 1. The Balaban J connectivity index is 2.31. The van der Waals surface area contributed by atoms with Crippen molar-refractivity contribution in [1.82, 2.24) is 0 Å². The molecule has 0 aliphatic heterocycles. The van der Waals surface area contributed by atoms with Gasteiger partial charge in [0.15, 0.2) is 11.6 Å². The molecule has 0 aromatic heterocycles. The summed E-state index contributed by atoms with van der Waals surface area (Å²) in [5.41, 5.74) is 0.120. The van der Waals surface area contributed by atoms with Crippen LogP contribution in [0.1, 0.15) is 10.4 Å². The smallest absolute Gasteiger partial charge is 0.256 e. The molecule has 0 heterocycles. The minimum absolute atomic E-state index is 0.197. The third kappa shape index (κ3) is 3.19. The lowest BCUT2D eigenvalue weighted by molar-refractivity contribution is 0.102. The Hall–Kier alpha value is -1.27. The van der Waals surface area contributed by atoms with Crippen LogP contribution in [0.4, 0.5) is 14.5 Å². The summed E-state index contributed by atoms with van der Waals surface area (Å²) in [6, 6.07) is 8.62. The Labute approximate surface area is 125 Å². The Kier molecular flexibility index (Phi) is 4.31. The second-order valence-electron chi connectivity index (χ2n) is 3.68. The average molecular weight is 391 g/mol. The van der Waals surface area contributed by atoms with E-state index in [4.69, 9.17) is 0 Å². The fourth-order valence-corrected chi connectivity index (χ4v) is 2.25. The first-order valence-corrected chi connectivity index (χ1v) is 6.78.